The number of amides is 2. The lowest BCUT2D eigenvalue weighted by Gasteiger charge is -2.29. The maximum absolute atomic E-state index is 12.8. The van der Waals surface area contributed by atoms with Gasteiger partial charge >= 0.3 is 5.97 Å². The zero-order valence-corrected chi connectivity index (χ0v) is 18.6. The van der Waals surface area contributed by atoms with E-state index >= 15 is 0 Å². The van der Waals surface area contributed by atoms with Gasteiger partial charge in [-0.1, -0.05) is 36.4 Å². The minimum Gasteiger partial charge on any atom is -0.467 e. The van der Waals surface area contributed by atoms with Crippen LogP contribution in [-0.4, -0.2) is 43.3 Å². The summed E-state index contributed by atoms with van der Waals surface area (Å²) < 4.78 is 15.7. The summed E-state index contributed by atoms with van der Waals surface area (Å²) in [6.07, 6.45) is 2.61. The molecule has 4 rings (SSSR count). The van der Waals surface area contributed by atoms with E-state index in [-0.39, 0.29) is 25.0 Å². The molecule has 174 valence electrons. The van der Waals surface area contributed by atoms with Gasteiger partial charge in [-0.2, -0.15) is 0 Å². The Labute approximate surface area is 192 Å². The molecule has 0 saturated carbocycles. The molecule has 2 aromatic carbocycles. The van der Waals surface area contributed by atoms with Gasteiger partial charge in [0.25, 0.3) is 0 Å². The third-order valence-corrected chi connectivity index (χ3v) is 6.15. The molecule has 0 bridgehead atoms. The molecule has 0 radical (unpaired) electrons. The molecule has 8 nitrogen and oxygen atoms in total. The van der Waals surface area contributed by atoms with Crippen molar-refractivity contribution >= 4 is 17.8 Å². The number of nitrogens with one attached hydrogen (secondary N) is 2. The molecule has 1 unspecified atom stereocenters. The molecule has 33 heavy (non-hydrogen) atoms. The Morgan fingerprint density at radius 3 is 2.64 bits per heavy atom. The van der Waals surface area contributed by atoms with Crippen molar-refractivity contribution in [1.29, 1.82) is 0 Å². The van der Waals surface area contributed by atoms with E-state index in [9.17, 15) is 14.4 Å². The molecular weight excluding hydrogens is 424 g/mol. The van der Waals surface area contributed by atoms with E-state index in [1.54, 1.807) is 0 Å². The molecule has 2 aliphatic heterocycles. The molecule has 1 saturated heterocycles. The number of methoxy groups -OCH3 is 1. The smallest absolute Gasteiger partial charge is 0.328 e. The van der Waals surface area contributed by atoms with Gasteiger partial charge in [-0.25, -0.2) is 4.79 Å². The van der Waals surface area contributed by atoms with Crippen molar-refractivity contribution in [2.24, 2.45) is 0 Å². The van der Waals surface area contributed by atoms with Crippen LogP contribution in [0.25, 0.3) is 0 Å². The monoisotopic (exact) mass is 452 g/mol. The van der Waals surface area contributed by atoms with E-state index in [0.717, 1.165) is 11.1 Å². The van der Waals surface area contributed by atoms with E-state index < -0.39 is 17.6 Å². The zero-order chi connectivity index (χ0) is 23.3. The van der Waals surface area contributed by atoms with E-state index in [2.05, 4.69) is 10.6 Å². The largest absolute Gasteiger partial charge is 0.467 e. The van der Waals surface area contributed by atoms with Gasteiger partial charge in [-0.15, -0.1) is 0 Å². The molecule has 0 aliphatic carbocycles. The number of rotatable bonds is 9. The number of hydrogen-bond acceptors (Lipinski definition) is 6. The van der Waals surface area contributed by atoms with Crippen molar-refractivity contribution in [3.05, 3.63) is 59.7 Å². The first-order valence-electron chi connectivity index (χ1n) is 11.1. The second-order valence-corrected chi connectivity index (χ2v) is 8.53. The van der Waals surface area contributed by atoms with Crippen LogP contribution in [0, 0.1) is 0 Å². The Morgan fingerprint density at radius 1 is 1.12 bits per heavy atom. The van der Waals surface area contributed by atoms with Crippen molar-refractivity contribution in [3.63, 3.8) is 0 Å². The number of carbonyl (C=O) groups excluding carboxylic acids is 3. The maximum Gasteiger partial charge on any atom is 0.328 e. The topological polar surface area (TPSA) is 103 Å². The molecule has 0 spiro atoms. The predicted molar refractivity (Wildman–Crippen MR) is 120 cm³/mol. The summed E-state index contributed by atoms with van der Waals surface area (Å²) in [6, 6.07) is 14.4. The second-order valence-electron chi connectivity index (χ2n) is 8.53. The molecule has 8 heteroatoms. The Bertz CT molecular complexity index is 1020. The Balaban J connectivity index is 1.40. The minimum absolute atomic E-state index is 0.0207. The van der Waals surface area contributed by atoms with Gasteiger partial charge in [0.15, 0.2) is 11.5 Å². The number of ether oxygens (including phenoxy) is 3. The lowest BCUT2D eigenvalue weighted by molar-refractivity contribution is -0.145. The highest BCUT2D eigenvalue weighted by Gasteiger charge is 2.38. The number of benzene rings is 2. The lowest BCUT2D eigenvalue weighted by Crippen LogP contribution is -2.46. The van der Waals surface area contributed by atoms with Gasteiger partial charge in [0.05, 0.1) is 7.11 Å². The Hall–Kier alpha value is -3.55. The quantitative estimate of drug-likeness (QED) is 0.566. The molecule has 0 aromatic heterocycles. The molecule has 2 aromatic rings. The molecule has 2 aliphatic rings. The molecule has 2 N–H and O–H groups in total. The third kappa shape index (κ3) is 5.63. The number of esters is 1. The zero-order valence-electron chi connectivity index (χ0n) is 18.6. The standard InChI is InChI=1S/C25H28N2O6/c1-31-24(30)19(13-17-5-3-2-4-6-17)26-22(28)9-11-25(12-10-23(29)27-25)15-18-7-8-20-21(14-18)33-16-32-20/h2-8,14,19H,9-13,15-16H2,1H3,(H,26,28)(H,27,29)/t19-,25?/m0/s1. The molecular formula is C25H28N2O6. The first kappa shape index (κ1) is 22.6. The number of fused-ring (bicyclic) bond motifs is 1. The van der Waals surface area contributed by atoms with Gasteiger partial charge in [0.1, 0.15) is 6.04 Å². The van der Waals surface area contributed by atoms with Crippen molar-refractivity contribution in [2.75, 3.05) is 13.9 Å². The van der Waals surface area contributed by atoms with Gasteiger partial charge in [-0.3, -0.25) is 9.59 Å². The Kier molecular flexibility index (Phi) is 6.82. The van der Waals surface area contributed by atoms with Crippen LogP contribution in [-0.2, 0) is 32.0 Å². The highest BCUT2D eigenvalue weighted by Crippen LogP contribution is 2.36. The van der Waals surface area contributed by atoms with Crippen LogP contribution < -0.4 is 20.1 Å². The highest BCUT2D eigenvalue weighted by atomic mass is 16.7. The molecule has 2 amide bonds. The number of carbonyl (C=O) groups is 3. The van der Waals surface area contributed by atoms with Crippen LogP contribution in [0.15, 0.2) is 48.5 Å². The summed E-state index contributed by atoms with van der Waals surface area (Å²) >= 11 is 0. The molecule has 2 atom stereocenters. The minimum atomic E-state index is -0.770. The van der Waals surface area contributed by atoms with Gasteiger partial charge in [-0.05, 0) is 42.5 Å². The van der Waals surface area contributed by atoms with Crippen molar-refractivity contribution in [1.82, 2.24) is 10.6 Å². The van der Waals surface area contributed by atoms with Gasteiger partial charge in [0.2, 0.25) is 18.6 Å². The molecule has 2 heterocycles. The summed E-state index contributed by atoms with van der Waals surface area (Å²) in [5.41, 5.74) is 1.40. The lowest BCUT2D eigenvalue weighted by atomic mass is 9.84. The summed E-state index contributed by atoms with van der Waals surface area (Å²) in [5, 5.41) is 5.89. The first-order chi connectivity index (χ1) is 16.0. The van der Waals surface area contributed by atoms with Crippen molar-refractivity contribution < 1.29 is 28.6 Å². The summed E-state index contributed by atoms with van der Waals surface area (Å²) in [7, 11) is 1.31. The van der Waals surface area contributed by atoms with Crippen molar-refractivity contribution in [2.45, 2.75) is 50.1 Å². The summed E-state index contributed by atoms with van der Waals surface area (Å²) in [5.74, 6) is 0.623. The fourth-order valence-electron chi connectivity index (χ4n) is 4.43. The van der Waals surface area contributed by atoms with Crippen LogP contribution in [0.4, 0.5) is 0 Å². The summed E-state index contributed by atoms with van der Waals surface area (Å²) in [6.45, 7) is 0.200. The third-order valence-electron chi connectivity index (χ3n) is 6.15. The van der Waals surface area contributed by atoms with Crippen LogP contribution in [0.1, 0.15) is 36.8 Å². The van der Waals surface area contributed by atoms with Crippen molar-refractivity contribution in [3.8, 4) is 11.5 Å². The fourth-order valence-corrected chi connectivity index (χ4v) is 4.43. The average molecular weight is 453 g/mol. The van der Waals surface area contributed by atoms with Gasteiger partial charge in [0, 0.05) is 24.8 Å². The normalized spacial score (nSPS) is 19.6. The summed E-state index contributed by atoms with van der Waals surface area (Å²) in [4.78, 5) is 37.1. The second kappa shape index (κ2) is 9.94. The number of hydrogen-bond donors (Lipinski definition) is 2. The maximum atomic E-state index is 12.8. The van der Waals surface area contributed by atoms with Crippen LogP contribution >= 0.6 is 0 Å². The first-order valence-corrected chi connectivity index (χ1v) is 11.1. The average Bonchev–Trinajstić information content (AvgIpc) is 3.44. The highest BCUT2D eigenvalue weighted by molar-refractivity contribution is 5.85. The fraction of sp³-hybridized carbons (Fsp3) is 0.400. The Morgan fingerprint density at radius 2 is 1.91 bits per heavy atom. The van der Waals surface area contributed by atoms with E-state index in [1.807, 2.05) is 48.5 Å². The SMILES string of the molecule is COC(=O)[C@H](Cc1ccccc1)NC(=O)CCC1(Cc2ccc3c(c2)OCO3)CCC(=O)N1. The van der Waals surface area contributed by atoms with Crippen LogP contribution in [0.2, 0.25) is 0 Å². The van der Waals surface area contributed by atoms with Crippen LogP contribution in [0.5, 0.6) is 11.5 Å². The van der Waals surface area contributed by atoms with Gasteiger partial charge < -0.3 is 24.8 Å². The van der Waals surface area contributed by atoms with E-state index in [0.29, 0.717) is 43.6 Å². The van der Waals surface area contributed by atoms with E-state index in [4.69, 9.17) is 14.2 Å². The van der Waals surface area contributed by atoms with Crippen LogP contribution in [0.3, 0.4) is 0 Å². The molecule has 1 fully saturated rings. The predicted octanol–water partition coefficient (Wildman–Crippen LogP) is 2.29. The van der Waals surface area contributed by atoms with E-state index in [1.165, 1.54) is 7.11 Å².